The number of hydrogen-bond donors (Lipinski definition) is 1. The minimum Gasteiger partial charge on any atom is -0.349 e. The Hall–Kier alpha value is -2.47. The Kier molecular flexibility index (Phi) is 4.49. The van der Waals surface area contributed by atoms with Crippen LogP contribution in [0.4, 0.5) is 0 Å². The molecule has 0 aliphatic carbocycles. The third-order valence-corrected chi connectivity index (χ3v) is 4.72. The molecule has 0 radical (unpaired) electrons. The molecule has 3 aromatic rings. The SMILES string of the molecule is C=CCNC(=O)c1cc(-c2ccc(C)s2)nc2c1cnn2C(C)C. The summed E-state index contributed by atoms with van der Waals surface area (Å²) < 4.78 is 1.85. The molecule has 0 aliphatic rings. The fraction of sp³-hybridized carbons (Fsp3) is 0.278. The van der Waals surface area contributed by atoms with Crippen LogP contribution in [0, 0.1) is 6.92 Å². The molecule has 124 valence electrons. The number of aryl methyl sites for hydroxylation is 1. The lowest BCUT2D eigenvalue weighted by Gasteiger charge is -2.10. The zero-order chi connectivity index (χ0) is 17.3. The summed E-state index contributed by atoms with van der Waals surface area (Å²) in [5, 5.41) is 8.03. The number of hydrogen-bond acceptors (Lipinski definition) is 4. The van der Waals surface area contributed by atoms with Gasteiger partial charge >= 0.3 is 0 Å². The number of nitrogens with one attached hydrogen (secondary N) is 1. The average Bonchev–Trinajstić information content (AvgIpc) is 3.17. The predicted molar refractivity (Wildman–Crippen MR) is 98.5 cm³/mol. The second-order valence-electron chi connectivity index (χ2n) is 5.88. The van der Waals surface area contributed by atoms with E-state index in [9.17, 15) is 4.79 Å². The van der Waals surface area contributed by atoms with Crippen molar-refractivity contribution in [3.63, 3.8) is 0 Å². The van der Waals surface area contributed by atoms with Crippen molar-refractivity contribution in [2.45, 2.75) is 26.8 Å². The number of fused-ring (bicyclic) bond motifs is 1. The summed E-state index contributed by atoms with van der Waals surface area (Å²) in [6, 6.07) is 6.11. The largest absolute Gasteiger partial charge is 0.349 e. The molecule has 3 heterocycles. The molecule has 1 N–H and O–H groups in total. The molecule has 24 heavy (non-hydrogen) atoms. The molecule has 3 rings (SSSR count). The van der Waals surface area contributed by atoms with Gasteiger partial charge < -0.3 is 5.32 Å². The van der Waals surface area contributed by atoms with Crippen LogP contribution in [-0.2, 0) is 0 Å². The van der Waals surface area contributed by atoms with E-state index in [2.05, 4.69) is 30.0 Å². The van der Waals surface area contributed by atoms with E-state index in [1.54, 1.807) is 23.6 Å². The average molecular weight is 340 g/mol. The van der Waals surface area contributed by atoms with Gasteiger partial charge in [-0.1, -0.05) is 6.08 Å². The summed E-state index contributed by atoms with van der Waals surface area (Å²) in [6.07, 6.45) is 3.38. The Balaban J connectivity index is 2.20. The van der Waals surface area contributed by atoms with Crippen molar-refractivity contribution >= 4 is 28.3 Å². The Labute approximate surface area is 145 Å². The smallest absolute Gasteiger partial charge is 0.252 e. The zero-order valence-electron chi connectivity index (χ0n) is 14.0. The minimum absolute atomic E-state index is 0.139. The normalized spacial score (nSPS) is 11.2. The van der Waals surface area contributed by atoms with E-state index in [1.807, 2.05) is 30.7 Å². The molecule has 0 bridgehead atoms. The predicted octanol–water partition coefficient (Wildman–Crippen LogP) is 3.96. The van der Waals surface area contributed by atoms with Gasteiger partial charge in [0.2, 0.25) is 0 Å². The number of pyridine rings is 1. The summed E-state index contributed by atoms with van der Waals surface area (Å²) >= 11 is 1.66. The summed E-state index contributed by atoms with van der Waals surface area (Å²) in [7, 11) is 0. The van der Waals surface area contributed by atoms with Crippen LogP contribution in [0.2, 0.25) is 0 Å². The van der Waals surface area contributed by atoms with Gasteiger partial charge in [-0.25, -0.2) is 9.67 Å². The van der Waals surface area contributed by atoms with Gasteiger partial charge in [0.15, 0.2) is 5.65 Å². The van der Waals surface area contributed by atoms with E-state index >= 15 is 0 Å². The number of nitrogens with zero attached hydrogens (tertiary/aromatic N) is 3. The van der Waals surface area contributed by atoms with Crippen molar-refractivity contribution in [1.82, 2.24) is 20.1 Å². The number of carbonyl (C=O) groups excluding carboxylic acids is 1. The lowest BCUT2D eigenvalue weighted by atomic mass is 10.1. The first kappa shape index (κ1) is 16.4. The molecule has 0 spiro atoms. The van der Waals surface area contributed by atoms with E-state index in [1.165, 1.54) is 4.88 Å². The Morgan fingerprint density at radius 1 is 1.46 bits per heavy atom. The molecular weight excluding hydrogens is 320 g/mol. The quantitative estimate of drug-likeness (QED) is 0.715. The fourth-order valence-corrected chi connectivity index (χ4v) is 3.37. The summed E-state index contributed by atoms with van der Waals surface area (Å²) in [5.41, 5.74) is 2.12. The fourth-order valence-electron chi connectivity index (χ4n) is 2.54. The molecule has 3 aromatic heterocycles. The summed E-state index contributed by atoms with van der Waals surface area (Å²) in [4.78, 5) is 19.6. The van der Waals surface area contributed by atoms with Crippen molar-refractivity contribution in [3.05, 3.63) is 47.5 Å². The van der Waals surface area contributed by atoms with Gasteiger partial charge in [-0.15, -0.1) is 17.9 Å². The topological polar surface area (TPSA) is 59.8 Å². The molecule has 0 saturated heterocycles. The maximum Gasteiger partial charge on any atom is 0.252 e. The number of rotatable bonds is 5. The van der Waals surface area contributed by atoms with Crippen LogP contribution >= 0.6 is 11.3 Å². The van der Waals surface area contributed by atoms with E-state index < -0.39 is 0 Å². The van der Waals surface area contributed by atoms with Crippen molar-refractivity contribution in [3.8, 4) is 10.6 Å². The molecule has 0 aromatic carbocycles. The Morgan fingerprint density at radius 3 is 2.88 bits per heavy atom. The number of aromatic nitrogens is 3. The third-order valence-electron chi connectivity index (χ3n) is 3.70. The van der Waals surface area contributed by atoms with E-state index in [-0.39, 0.29) is 11.9 Å². The minimum atomic E-state index is -0.139. The van der Waals surface area contributed by atoms with Crippen molar-refractivity contribution in [2.24, 2.45) is 0 Å². The first-order valence-corrected chi connectivity index (χ1v) is 8.67. The van der Waals surface area contributed by atoms with Gasteiger partial charge in [-0.2, -0.15) is 5.10 Å². The van der Waals surface area contributed by atoms with Crippen LogP contribution in [0.5, 0.6) is 0 Å². The third kappa shape index (κ3) is 2.97. The zero-order valence-corrected chi connectivity index (χ0v) is 14.9. The maximum atomic E-state index is 12.6. The highest BCUT2D eigenvalue weighted by Crippen LogP contribution is 2.30. The summed E-state index contributed by atoms with van der Waals surface area (Å²) in [6.45, 7) is 10.2. The van der Waals surface area contributed by atoms with Crippen LogP contribution in [0.25, 0.3) is 21.6 Å². The second kappa shape index (κ2) is 6.57. The van der Waals surface area contributed by atoms with Gasteiger partial charge in [-0.05, 0) is 39.0 Å². The van der Waals surface area contributed by atoms with Gasteiger partial charge in [0.25, 0.3) is 5.91 Å². The molecule has 6 heteroatoms. The van der Waals surface area contributed by atoms with Crippen LogP contribution in [-0.4, -0.2) is 27.2 Å². The van der Waals surface area contributed by atoms with Crippen LogP contribution in [0.1, 0.15) is 35.1 Å². The van der Waals surface area contributed by atoms with E-state index in [0.29, 0.717) is 12.1 Å². The standard InChI is InChI=1S/C18H20N4OS/c1-5-8-19-18(23)13-9-15(16-7-6-12(4)24-16)21-17-14(13)10-20-22(17)11(2)3/h5-7,9-11H,1,8H2,2-4H3,(H,19,23). The number of amides is 1. The van der Waals surface area contributed by atoms with Crippen LogP contribution < -0.4 is 5.32 Å². The first-order valence-electron chi connectivity index (χ1n) is 7.85. The maximum absolute atomic E-state index is 12.6. The highest BCUT2D eigenvalue weighted by molar-refractivity contribution is 7.15. The molecular formula is C18H20N4OS. The lowest BCUT2D eigenvalue weighted by Crippen LogP contribution is -2.23. The van der Waals surface area contributed by atoms with Crippen molar-refractivity contribution < 1.29 is 4.79 Å². The van der Waals surface area contributed by atoms with Crippen LogP contribution in [0.3, 0.4) is 0 Å². The van der Waals surface area contributed by atoms with E-state index in [0.717, 1.165) is 21.6 Å². The van der Waals surface area contributed by atoms with Crippen molar-refractivity contribution in [2.75, 3.05) is 6.54 Å². The van der Waals surface area contributed by atoms with Crippen LogP contribution in [0.15, 0.2) is 37.1 Å². The molecule has 0 unspecified atom stereocenters. The lowest BCUT2D eigenvalue weighted by molar-refractivity contribution is 0.0959. The number of thiophene rings is 1. The Morgan fingerprint density at radius 2 is 2.25 bits per heavy atom. The molecule has 0 atom stereocenters. The highest BCUT2D eigenvalue weighted by Gasteiger charge is 2.18. The number of carbonyl (C=O) groups is 1. The van der Waals surface area contributed by atoms with E-state index in [4.69, 9.17) is 4.98 Å². The van der Waals surface area contributed by atoms with Gasteiger partial charge in [0, 0.05) is 17.5 Å². The first-order chi connectivity index (χ1) is 11.5. The van der Waals surface area contributed by atoms with Gasteiger partial charge in [-0.3, -0.25) is 4.79 Å². The van der Waals surface area contributed by atoms with Gasteiger partial charge in [0.05, 0.1) is 27.7 Å². The monoisotopic (exact) mass is 340 g/mol. The van der Waals surface area contributed by atoms with Gasteiger partial charge in [0.1, 0.15) is 0 Å². The highest BCUT2D eigenvalue weighted by atomic mass is 32.1. The molecule has 5 nitrogen and oxygen atoms in total. The Bertz CT molecular complexity index is 907. The molecule has 0 saturated carbocycles. The van der Waals surface area contributed by atoms with Crippen molar-refractivity contribution in [1.29, 1.82) is 0 Å². The molecule has 1 amide bonds. The molecule has 0 fully saturated rings. The summed E-state index contributed by atoms with van der Waals surface area (Å²) in [5.74, 6) is -0.139. The molecule has 0 aliphatic heterocycles. The second-order valence-corrected chi connectivity index (χ2v) is 7.17.